The Hall–Kier alpha value is -1.03. The average molecular weight is 295 g/mol. The Morgan fingerprint density at radius 3 is 3.17 bits per heavy atom. The first kappa shape index (κ1) is 13.4. The van der Waals surface area contributed by atoms with Crippen molar-refractivity contribution >= 4 is 45.4 Å². The van der Waals surface area contributed by atoms with Crippen molar-refractivity contribution in [2.75, 3.05) is 17.6 Å². The highest BCUT2D eigenvalue weighted by Gasteiger charge is 2.21. The molecular formula is C12H13N3S3. The van der Waals surface area contributed by atoms with Crippen LogP contribution in [0.1, 0.15) is 16.0 Å². The van der Waals surface area contributed by atoms with Gasteiger partial charge in [-0.15, -0.1) is 17.9 Å². The van der Waals surface area contributed by atoms with Gasteiger partial charge >= 0.3 is 0 Å². The van der Waals surface area contributed by atoms with Gasteiger partial charge in [0.25, 0.3) is 0 Å². The van der Waals surface area contributed by atoms with Crippen molar-refractivity contribution in [2.45, 2.75) is 12.2 Å². The lowest BCUT2D eigenvalue weighted by Gasteiger charge is -2.09. The summed E-state index contributed by atoms with van der Waals surface area (Å²) in [6.45, 7) is 4.24. The van der Waals surface area contributed by atoms with E-state index in [-0.39, 0.29) is 0 Å². The van der Waals surface area contributed by atoms with E-state index in [1.807, 2.05) is 11.8 Å². The monoisotopic (exact) mass is 295 g/mol. The minimum absolute atomic E-state index is 0.539. The molecule has 1 aliphatic heterocycles. The van der Waals surface area contributed by atoms with Crippen LogP contribution >= 0.6 is 35.3 Å². The molecular weight excluding hydrogens is 282 g/mol. The van der Waals surface area contributed by atoms with Gasteiger partial charge in [-0.3, -0.25) is 0 Å². The first-order valence-corrected chi connectivity index (χ1v) is 7.92. The van der Waals surface area contributed by atoms with Crippen molar-refractivity contribution < 1.29 is 0 Å². The number of nitriles is 1. The van der Waals surface area contributed by atoms with E-state index in [9.17, 15) is 5.26 Å². The number of anilines is 1. The maximum Gasteiger partial charge on any atom is 0.171 e. The Balaban J connectivity index is 2.18. The molecule has 1 aliphatic rings. The van der Waals surface area contributed by atoms with Crippen LogP contribution in [-0.4, -0.2) is 17.4 Å². The number of hydrogen-bond acceptors (Lipinski definition) is 4. The molecule has 0 unspecified atom stereocenters. The van der Waals surface area contributed by atoms with Crippen LogP contribution in [-0.2, 0) is 12.2 Å². The van der Waals surface area contributed by atoms with Crippen LogP contribution in [0.25, 0.3) is 0 Å². The summed E-state index contributed by atoms with van der Waals surface area (Å²) in [5.74, 6) is 2.10. The maximum absolute atomic E-state index is 9.28. The zero-order valence-corrected chi connectivity index (χ0v) is 12.2. The van der Waals surface area contributed by atoms with Crippen LogP contribution in [0.5, 0.6) is 0 Å². The molecule has 0 amide bonds. The highest BCUT2D eigenvalue weighted by Crippen LogP contribution is 2.38. The SMILES string of the molecule is C=CCNC(=S)Nc1sc2c(c1C#N)CCSC2. The molecule has 0 bridgehead atoms. The zero-order valence-electron chi connectivity index (χ0n) is 9.78. The van der Waals surface area contributed by atoms with Crippen LogP contribution < -0.4 is 10.6 Å². The van der Waals surface area contributed by atoms with Crippen molar-refractivity contribution in [3.8, 4) is 6.07 Å². The molecule has 6 heteroatoms. The van der Waals surface area contributed by atoms with Gasteiger partial charge in [-0.2, -0.15) is 17.0 Å². The Labute approximate surface area is 120 Å². The molecule has 0 saturated heterocycles. The van der Waals surface area contributed by atoms with E-state index in [1.165, 1.54) is 10.4 Å². The lowest BCUT2D eigenvalue weighted by atomic mass is 10.1. The Morgan fingerprint density at radius 1 is 1.61 bits per heavy atom. The first-order chi connectivity index (χ1) is 8.76. The summed E-state index contributed by atoms with van der Waals surface area (Å²) in [6, 6.07) is 2.30. The van der Waals surface area contributed by atoms with E-state index in [1.54, 1.807) is 17.4 Å². The summed E-state index contributed by atoms with van der Waals surface area (Å²) < 4.78 is 0. The predicted molar refractivity (Wildman–Crippen MR) is 83.3 cm³/mol. The van der Waals surface area contributed by atoms with E-state index in [2.05, 4.69) is 23.3 Å². The highest BCUT2D eigenvalue weighted by atomic mass is 32.2. The maximum atomic E-state index is 9.28. The number of thiophene rings is 1. The second kappa shape index (κ2) is 6.23. The quantitative estimate of drug-likeness (QED) is 0.663. The lowest BCUT2D eigenvalue weighted by molar-refractivity contribution is 1.06. The second-order valence-electron chi connectivity index (χ2n) is 3.75. The third kappa shape index (κ3) is 2.86. The van der Waals surface area contributed by atoms with Gasteiger partial charge < -0.3 is 10.6 Å². The average Bonchev–Trinajstić information content (AvgIpc) is 2.73. The molecule has 0 fully saturated rings. The third-order valence-electron chi connectivity index (χ3n) is 2.57. The standard InChI is InChI=1S/C12H13N3S3/c1-2-4-14-12(16)15-11-9(6-13)8-3-5-17-7-10(8)18-11/h2H,1,3-5,7H2,(H2,14,15,16). The van der Waals surface area contributed by atoms with Gasteiger partial charge in [0.05, 0.1) is 5.56 Å². The fourth-order valence-electron chi connectivity index (χ4n) is 1.75. The number of nitrogens with zero attached hydrogens (tertiary/aromatic N) is 1. The van der Waals surface area contributed by atoms with Gasteiger partial charge in [0.2, 0.25) is 0 Å². The Morgan fingerprint density at radius 2 is 2.44 bits per heavy atom. The number of hydrogen-bond donors (Lipinski definition) is 2. The molecule has 3 nitrogen and oxygen atoms in total. The van der Waals surface area contributed by atoms with Crippen LogP contribution in [0.4, 0.5) is 5.00 Å². The topological polar surface area (TPSA) is 47.8 Å². The van der Waals surface area contributed by atoms with Crippen molar-refractivity contribution in [2.24, 2.45) is 0 Å². The minimum Gasteiger partial charge on any atom is -0.359 e. The number of thiocarbonyl (C=S) groups is 1. The van der Waals surface area contributed by atoms with Gasteiger partial charge in [0.1, 0.15) is 11.1 Å². The largest absolute Gasteiger partial charge is 0.359 e. The number of rotatable bonds is 3. The molecule has 2 N–H and O–H groups in total. The molecule has 0 saturated carbocycles. The molecule has 0 aliphatic carbocycles. The zero-order chi connectivity index (χ0) is 13.0. The summed E-state index contributed by atoms with van der Waals surface area (Å²) in [5.41, 5.74) is 1.97. The van der Waals surface area contributed by atoms with Crippen LogP contribution in [0.2, 0.25) is 0 Å². The molecule has 18 heavy (non-hydrogen) atoms. The van der Waals surface area contributed by atoms with Crippen LogP contribution in [0, 0.1) is 11.3 Å². The Kier molecular flexibility index (Phi) is 4.64. The van der Waals surface area contributed by atoms with Crippen molar-refractivity contribution in [1.82, 2.24) is 5.32 Å². The summed E-state index contributed by atoms with van der Waals surface area (Å²) in [5, 5.41) is 16.8. The lowest BCUT2D eigenvalue weighted by Crippen LogP contribution is -2.28. The van der Waals surface area contributed by atoms with Crippen molar-refractivity contribution in [3.05, 3.63) is 28.7 Å². The van der Waals surface area contributed by atoms with Crippen molar-refractivity contribution in [1.29, 1.82) is 5.26 Å². The van der Waals surface area contributed by atoms with Gasteiger partial charge in [-0.25, -0.2) is 0 Å². The van der Waals surface area contributed by atoms with Gasteiger partial charge in [-0.05, 0) is 30.0 Å². The third-order valence-corrected chi connectivity index (χ3v) is 5.13. The molecule has 94 valence electrons. The van der Waals surface area contributed by atoms with E-state index in [0.717, 1.165) is 28.5 Å². The normalized spacial score (nSPS) is 13.3. The van der Waals surface area contributed by atoms with Gasteiger partial charge in [0.15, 0.2) is 5.11 Å². The number of thioether (sulfide) groups is 1. The Bertz CT molecular complexity index is 513. The fourth-order valence-corrected chi connectivity index (χ4v) is 4.34. The summed E-state index contributed by atoms with van der Waals surface area (Å²) in [7, 11) is 0. The molecule has 0 spiro atoms. The summed E-state index contributed by atoms with van der Waals surface area (Å²) in [6.07, 6.45) is 2.73. The smallest absolute Gasteiger partial charge is 0.171 e. The highest BCUT2D eigenvalue weighted by molar-refractivity contribution is 7.98. The molecule has 0 radical (unpaired) electrons. The summed E-state index contributed by atoms with van der Waals surface area (Å²) >= 11 is 8.73. The molecule has 1 aromatic rings. The molecule has 2 heterocycles. The molecule has 2 rings (SSSR count). The summed E-state index contributed by atoms with van der Waals surface area (Å²) in [4.78, 5) is 1.30. The van der Waals surface area contributed by atoms with Crippen LogP contribution in [0.15, 0.2) is 12.7 Å². The fraction of sp³-hybridized carbons (Fsp3) is 0.333. The van der Waals surface area contributed by atoms with E-state index in [0.29, 0.717) is 11.7 Å². The van der Waals surface area contributed by atoms with E-state index < -0.39 is 0 Å². The predicted octanol–water partition coefficient (Wildman–Crippen LogP) is 2.88. The van der Waals surface area contributed by atoms with Gasteiger partial charge in [0, 0.05) is 17.2 Å². The molecule has 0 atom stereocenters. The van der Waals surface area contributed by atoms with E-state index in [4.69, 9.17) is 12.2 Å². The van der Waals surface area contributed by atoms with Crippen LogP contribution in [0.3, 0.4) is 0 Å². The minimum atomic E-state index is 0.539. The number of fused-ring (bicyclic) bond motifs is 1. The second-order valence-corrected chi connectivity index (χ2v) is 6.36. The van der Waals surface area contributed by atoms with E-state index >= 15 is 0 Å². The van der Waals surface area contributed by atoms with Crippen molar-refractivity contribution in [3.63, 3.8) is 0 Å². The number of nitrogens with one attached hydrogen (secondary N) is 2. The first-order valence-electron chi connectivity index (χ1n) is 5.54. The van der Waals surface area contributed by atoms with Gasteiger partial charge in [-0.1, -0.05) is 6.08 Å². The molecule has 0 aromatic carbocycles. The molecule has 1 aromatic heterocycles.